The standard InChI is InChI=1S/C17H15N5O2S2/c1-21-12-11(13-15(21)20-17(25-2)26-13)7-19-22(16(12)24)8-9-3-5-10(6-4-9)14(18)23/h3-7H,8H2,1-2H3,(H2,18,23). The van der Waals surface area contributed by atoms with Crippen LogP contribution in [0.2, 0.25) is 0 Å². The summed E-state index contributed by atoms with van der Waals surface area (Å²) in [6.45, 7) is 0.316. The molecule has 1 amide bonds. The van der Waals surface area contributed by atoms with Crippen molar-refractivity contribution >= 4 is 50.3 Å². The number of carbonyl (C=O) groups excluding carboxylic acids is 1. The van der Waals surface area contributed by atoms with Crippen molar-refractivity contribution in [2.24, 2.45) is 12.8 Å². The van der Waals surface area contributed by atoms with Gasteiger partial charge in [-0.25, -0.2) is 9.67 Å². The molecule has 0 bridgehead atoms. The van der Waals surface area contributed by atoms with Gasteiger partial charge in [0.15, 0.2) is 9.99 Å². The monoisotopic (exact) mass is 385 g/mol. The molecule has 0 spiro atoms. The van der Waals surface area contributed by atoms with Gasteiger partial charge in [0.2, 0.25) is 5.91 Å². The van der Waals surface area contributed by atoms with Crippen LogP contribution >= 0.6 is 23.1 Å². The first-order valence-electron chi connectivity index (χ1n) is 7.77. The van der Waals surface area contributed by atoms with Gasteiger partial charge in [0, 0.05) is 18.0 Å². The van der Waals surface area contributed by atoms with Crippen molar-refractivity contribution in [3.05, 3.63) is 51.9 Å². The van der Waals surface area contributed by atoms with Crippen LogP contribution in [0.25, 0.3) is 21.3 Å². The summed E-state index contributed by atoms with van der Waals surface area (Å²) in [5.41, 5.74) is 7.78. The van der Waals surface area contributed by atoms with Gasteiger partial charge in [-0.1, -0.05) is 23.9 Å². The number of hydrogen-bond acceptors (Lipinski definition) is 6. The van der Waals surface area contributed by atoms with Gasteiger partial charge in [0.05, 0.1) is 17.4 Å². The molecule has 1 aromatic carbocycles. The number of hydrogen-bond donors (Lipinski definition) is 1. The number of carbonyl (C=O) groups is 1. The molecule has 3 heterocycles. The van der Waals surface area contributed by atoms with Gasteiger partial charge >= 0.3 is 0 Å². The summed E-state index contributed by atoms with van der Waals surface area (Å²) < 4.78 is 5.19. The minimum atomic E-state index is -0.478. The van der Waals surface area contributed by atoms with Crippen LogP contribution < -0.4 is 11.3 Å². The van der Waals surface area contributed by atoms with Crippen molar-refractivity contribution in [1.29, 1.82) is 0 Å². The Bertz CT molecular complexity index is 1200. The number of amides is 1. The maximum Gasteiger partial charge on any atom is 0.291 e. The Balaban J connectivity index is 1.79. The summed E-state index contributed by atoms with van der Waals surface area (Å²) in [7, 11) is 1.85. The second-order valence-corrected chi connectivity index (χ2v) is 7.88. The second kappa shape index (κ2) is 6.26. The molecular formula is C17H15N5O2S2. The van der Waals surface area contributed by atoms with Gasteiger partial charge in [0.25, 0.3) is 5.56 Å². The lowest BCUT2D eigenvalue weighted by molar-refractivity contribution is 0.100. The fourth-order valence-corrected chi connectivity index (χ4v) is 4.52. The Morgan fingerprint density at radius 1 is 1.31 bits per heavy atom. The largest absolute Gasteiger partial charge is 0.366 e. The van der Waals surface area contributed by atoms with E-state index >= 15 is 0 Å². The molecule has 4 rings (SSSR count). The van der Waals surface area contributed by atoms with Gasteiger partial charge < -0.3 is 10.3 Å². The number of nitrogens with two attached hydrogens (primary N) is 1. The highest BCUT2D eigenvalue weighted by molar-refractivity contribution is 8.00. The van der Waals surface area contributed by atoms with Crippen molar-refractivity contribution < 1.29 is 4.79 Å². The van der Waals surface area contributed by atoms with Gasteiger partial charge in [-0.2, -0.15) is 5.10 Å². The van der Waals surface area contributed by atoms with Crippen LogP contribution in [0.3, 0.4) is 0 Å². The minimum Gasteiger partial charge on any atom is -0.366 e. The first-order chi connectivity index (χ1) is 12.5. The van der Waals surface area contributed by atoms with Gasteiger partial charge in [-0.3, -0.25) is 9.59 Å². The predicted octanol–water partition coefficient (Wildman–Crippen LogP) is 2.21. The Morgan fingerprint density at radius 2 is 2.04 bits per heavy atom. The van der Waals surface area contributed by atoms with E-state index in [-0.39, 0.29) is 5.56 Å². The van der Waals surface area contributed by atoms with Gasteiger partial charge in [-0.15, -0.1) is 11.3 Å². The molecular weight excluding hydrogens is 370 g/mol. The number of aromatic nitrogens is 4. The van der Waals surface area contributed by atoms with E-state index in [0.29, 0.717) is 17.6 Å². The van der Waals surface area contributed by atoms with Crippen LogP contribution in [0.4, 0.5) is 0 Å². The molecule has 0 fully saturated rings. The number of thioether (sulfide) groups is 1. The molecule has 0 unspecified atom stereocenters. The number of thiazole rings is 1. The molecule has 3 aromatic heterocycles. The van der Waals surface area contributed by atoms with Crippen molar-refractivity contribution in [2.45, 2.75) is 10.9 Å². The average molecular weight is 385 g/mol. The van der Waals surface area contributed by atoms with Crippen molar-refractivity contribution in [1.82, 2.24) is 19.3 Å². The molecule has 26 heavy (non-hydrogen) atoms. The van der Waals surface area contributed by atoms with Crippen molar-refractivity contribution in [2.75, 3.05) is 6.26 Å². The summed E-state index contributed by atoms with van der Waals surface area (Å²) in [6.07, 6.45) is 3.70. The maximum atomic E-state index is 12.9. The number of primary amides is 1. The lowest BCUT2D eigenvalue weighted by Gasteiger charge is -2.06. The fraction of sp³-hybridized carbons (Fsp3) is 0.176. The Hall–Kier alpha value is -2.65. The van der Waals surface area contributed by atoms with E-state index < -0.39 is 5.91 Å². The molecule has 0 aliphatic carbocycles. The predicted molar refractivity (Wildman–Crippen MR) is 104 cm³/mol. The lowest BCUT2D eigenvalue weighted by atomic mass is 10.1. The average Bonchev–Trinajstić information content (AvgIpc) is 3.17. The fourth-order valence-electron chi connectivity index (χ4n) is 2.92. The van der Waals surface area contributed by atoms with E-state index in [2.05, 4.69) is 10.1 Å². The van der Waals surface area contributed by atoms with E-state index in [1.807, 2.05) is 17.9 Å². The van der Waals surface area contributed by atoms with E-state index in [1.165, 1.54) is 4.68 Å². The van der Waals surface area contributed by atoms with Crippen LogP contribution in [0, 0.1) is 0 Å². The molecule has 132 valence electrons. The van der Waals surface area contributed by atoms with Crippen molar-refractivity contribution in [3.63, 3.8) is 0 Å². The van der Waals surface area contributed by atoms with Gasteiger partial charge in [-0.05, 0) is 24.0 Å². The van der Waals surface area contributed by atoms with E-state index in [9.17, 15) is 9.59 Å². The third-order valence-corrected chi connectivity index (χ3v) is 6.31. The first-order valence-corrected chi connectivity index (χ1v) is 9.81. The summed E-state index contributed by atoms with van der Waals surface area (Å²) in [5, 5.41) is 5.15. The molecule has 7 nitrogen and oxygen atoms in total. The third kappa shape index (κ3) is 2.60. The number of fused-ring (bicyclic) bond motifs is 3. The molecule has 9 heteroatoms. The van der Waals surface area contributed by atoms with E-state index in [4.69, 9.17) is 5.73 Å². The number of nitrogens with zero attached hydrogens (tertiary/aromatic N) is 4. The van der Waals surface area contributed by atoms with Crippen LogP contribution in [0.15, 0.2) is 39.6 Å². The maximum absolute atomic E-state index is 12.9. The van der Waals surface area contributed by atoms with Crippen LogP contribution in [0.5, 0.6) is 0 Å². The Kier molecular flexibility index (Phi) is 4.04. The van der Waals surface area contributed by atoms with Crippen LogP contribution in [-0.4, -0.2) is 31.5 Å². The van der Waals surface area contributed by atoms with Crippen molar-refractivity contribution in [3.8, 4) is 0 Å². The number of aryl methyl sites for hydroxylation is 1. The lowest BCUT2D eigenvalue weighted by Crippen LogP contribution is -2.24. The Morgan fingerprint density at radius 3 is 2.69 bits per heavy atom. The highest BCUT2D eigenvalue weighted by atomic mass is 32.2. The zero-order chi connectivity index (χ0) is 18.4. The highest BCUT2D eigenvalue weighted by Gasteiger charge is 2.18. The third-order valence-electron chi connectivity index (χ3n) is 4.25. The second-order valence-electron chi connectivity index (χ2n) is 5.83. The number of rotatable bonds is 4. The normalized spacial score (nSPS) is 11.5. The molecule has 0 aliphatic rings. The van der Waals surface area contributed by atoms with Crippen LogP contribution in [-0.2, 0) is 13.6 Å². The minimum absolute atomic E-state index is 0.167. The SMILES string of the molecule is CSc1nc2c(s1)c1cnn(Cc3ccc(C(N)=O)cc3)c(=O)c1n2C. The molecule has 2 N–H and O–H groups in total. The Labute approximate surface area is 156 Å². The first kappa shape index (κ1) is 16.8. The molecule has 0 saturated carbocycles. The zero-order valence-electron chi connectivity index (χ0n) is 14.1. The summed E-state index contributed by atoms with van der Waals surface area (Å²) in [5.74, 6) is -0.478. The highest BCUT2D eigenvalue weighted by Crippen LogP contribution is 2.34. The molecule has 4 aromatic rings. The number of benzene rings is 1. The summed E-state index contributed by atoms with van der Waals surface area (Å²) in [4.78, 5) is 28.7. The van der Waals surface area contributed by atoms with Gasteiger partial charge in [0.1, 0.15) is 5.52 Å². The summed E-state index contributed by atoms with van der Waals surface area (Å²) >= 11 is 3.16. The summed E-state index contributed by atoms with van der Waals surface area (Å²) in [6, 6.07) is 6.84. The molecule has 0 atom stereocenters. The molecule has 0 aliphatic heterocycles. The quantitative estimate of drug-likeness (QED) is 0.544. The smallest absolute Gasteiger partial charge is 0.291 e. The van der Waals surface area contributed by atoms with Crippen LogP contribution in [0.1, 0.15) is 15.9 Å². The molecule has 0 saturated heterocycles. The molecule has 0 radical (unpaired) electrons. The topological polar surface area (TPSA) is 95.8 Å². The van der Waals surface area contributed by atoms with E-state index in [1.54, 1.807) is 53.6 Å². The zero-order valence-corrected chi connectivity index (χ0v) is 15.7. The van der Waals surface area contributed by atoms with E-state index in [0.717, 1.165) is 25.6 Å².